The van der Waals surface area contributed by atoms with Crippen molar-refractivity contribution >= 4 is 52.4 Å². The van der Waals surface area contributed by atoms with Gasteiger partial charge >= 0.3 is 0 Å². The first-order chi connectivity index (χ1) is 38.9. The topological polar surface area (TPSA) is 217 Å². The van der Waals surface area contributed by atoms with Crippen molar-refractivity contribution in [3.8, 4) is 0 Å². The van der Waals surface area contributed by atoms with Crippen LogP contribution in [0.3, 0.4) is 0 Å². The Bertz CT molecular complexity index is 2930. The number of epoxide rings is 1. The van der Waals surface area contributed by atoms with Crippen LogP contribution in [0.25, 0.3) is 0 Å². The number of nitrogens with two attached hydrogens (primary N) is 1. The Hall–Kier alpha value is -6.89. The Morgan fingerprint density at radius 2 is 1.56 bits per heavy atom. The summed E-state index contributed by atoms with van der Waals surface area (Å²) >= 11 is 0. The van der Waals surface area contributed by atoms with Crippen molar-refractivity contribution in [3.63, 3.8) is 0 Å². The number of primary amides is 1. The van der Waals surface area contributed by atoms with E-state index >= 15 is 0 Å². The van der Waals surface area contributed by atoms with E-state index in [1.54, 1.807) is 13.8 Å². The summed E-state index contributed by atoms with van der Waals surface area (Å²) in [4.78, 5) is 80.5. The van der Waals surface area contributed by atoms with Crippen molar-refractivity contribution in [1.82, 2.24) is 35.8 Å². The largest absolute Gasteiger partial charge is 0.370 e. The highest BCUT2D eigenvalue weighted by molar-refractivity contribution is 6.03. The van der Waals surface area contributed by atoms with Crippen LogP contribution in [-0.4, -0.2) is 128 Å². The lowest BCUT2D eigenvalue weighted by Gasteiger charge is -2.30. The molecule has 1 saturated carbocycles. The number of allylic oxidation sites excluding steroid dienone is 6. The molecule has 8 rings (SSSR count). The average molecular weight is 1130 g/mol. The summed E-state index contributed by atoms with van der Waals surface area (Å²) < 4.78 is 38.3. The molecule has 0 bridgehead atoms. The lowest BCUT2D eigenvalue weighted by atomic mass is 9.81. The monoisotopic (exact) mass is 1130 g/mol. The van der Waals surface area contributed by atoms with E-state index in [0.717, 1.165) is 62.8 Å². The van der Waals surface area contributed by atoms with Crippen LogP contribution in [0, 0.1) is 12.8 Å². The first kappa shape index (κ1) is 62.7. The molecule has 2 aromatic carbocycles. The fraction of sp³-hybridized carbons (Fsp3) is 0.571. The third kappa shape index (κ3) is 15.4. The number of Topliss-reactive ketones (excluding diaryl/α,β-unsaturated/α-hetero) is 1. The lowest BCUT2D eigenvalue weighted by Crippen LogP contribution is -2.57. The molecule has 5 N–H and O–H groups in total. The molecule has 0 unspecified atom stereocenters. The number of aryl methyl sites for hydroxylation is 1. The van der Waals surface area contributed by atoms with Crippen molar-refractivity contribution in [2.75, 3.05) is 31.6 Å². The number of hydrogen-bond acceptors (Lipinski definition) is 10. The quantitative estimate of drug-likeness (QED) is 0.0291. The van der Waals surface area contributed by atoms with Gasteiger partial charge in [-0.1, -0.05) is 132 Å². The maximum atomic E-state index is 14.7. The number of fused-ring (bicyclic) bond motifs is 2. The van der Waals surface area contributed by atoms with Gasteiger partial charge < -0.3 is 36.2 Å². The molecule has 2 saturated heterocycles. The van der Waals surface area contributed by atoms with Crippen LogP contribution in [0.15, 0.2) is 90.8 Å². The number of unbranched alkanes of at least 4 members (excludes halogenated alkanes) is 3. The highest BCUT2D eigenvalue weighted by atomic mass is 19.3. The fourth-order valence-corrected chi connectivity index (χ4v) is 12.1. The smallest absolute Gasteiger partial charge is 0.267 e. The van der Waals surface area contributed by atoms with Crippen LogP contribution in [0.5, 0.6) is 0 Å². The number of ketones is 1. The van der Waals surface area contributed by atoms with Gasteiger partial charge in [0.2, 0.25) is 35.2 Å². The van der Waals surface area contributed by atoms with Gasteiger partial charge in [-0.25, -0.2) is 13.5 Å². The molecule has 1 aliphatic carbocycles. The number of anilines is 1. The van der Waals surface area contributed by atoms with E-state index in [0.29, 0.717) is 31.4 Å². The minimum Gasteiger partial charge on any atom is -0.370 e. The molecular weight excluding hydrogens is 1050 g/mol. The molecule has 0 spiro atoms. The number of carbonyl (C=O) groups is 6. The number of para-hydroxylation sites is 2. The van der Waals surface area contributed by atoms with E-state index in [-0.39, 0.29) is 48.0 Å². The fourth-order valence-electron chi connectivity index (χ4n) is 12.1. The number of nitrogens with zero attached hydrogens (tertiary/aromatic N) is 6. The molecule has 19 heteroatoms. The standard InChI is InChI=1S/C32H39N3O.C31H47F2N7O6/c1-31(2)24-16-11-13-18-26(24)34(5)28(31)20-8-6-9-21-29-32(3,4)25-17-12-14-19-27(25)35(29)23-15-7-10-22-30(33)36;1-5-6-12-22(27(43)36-23(26(42)30(4)18-46-30)13-21-10-8-7-9-11-21)35-28(44)24-14-31(32,33)17-40(24)29(45)20(3)34-25(41)16-39-15-19(2)37-38-39/h6,8-9,11-14,16-21H,7,10,15,22-23H2,1-5H3,(H-,33,36);15,20-24H,5-14,16-18H2,1-4H3,(H,34,41)(H,35,44)(H,36,43)/p+1/t;20-,22-,23-,24-,30+/m.0/s1. The van der Waals surface area contributed by atoms with Crippen LogP contribution in [0.4, 0.5) is 20.2 Å². The summed E-state index contributed by atoms with van der Waals surface area (Å²) in [5, 5.41) is 15.5. The van der Waals surface area contributed by atoms with E-state index < -0.39 is 72.3 Å². The number of carbonyl (C=O) groups excluding carboxylic acids is 6. The summed E-state index contributed by atoms with van der Waals surface area (Å²) in [6.45, 7) is 15.8. The summed E-state index contributed by atoms with van der Waals surface area (Å²) in [6, 6.07) is 12.7. The van der Waals surface area contributed by atoms with Crippen LogP contribution >= 0.6 is 0 Å². The normalized spacial score (nSPS) is 22.1. The zero-order valence-corrected chi connectivity index (χ0v) is 49.6. The predicted molar refractivity (Wildman–Crippen MR) is 313 cm³/mol. The molecule has 444 valence electrons. The number of aromatic nitrogens is 3. The van der Waals surface area contributed by atoms with E-state index in [1.165, 1.54) is 51.7 Å². The second-order valence-corrected chi connectivity index (χ2v) is 24.2. The molecular formula is C63H87F2N10O7+. The number of rotatable bonds is 24. The van der Waals surface area contributed by atoms with E-state index in [9.17, 15) is 37.5 Å². The average Bonchev–Trinajstić information content (AvgIpc) is 2.75. The highest BCUT2D eigenvalue weighted by Gasteiger charge is 2.53. The van der Waals surface area contributed by atoms with Crippen LogP contribution in [0.2, 0.25) is 0 Å². The molecule has 17 nitrogen and oxygen atoms in total. The van der Waals surface area contributed by atoms with Crippen molar-refractivity contribution in [2.45, 2.75) is 198 Å². The molecule has 5 aliphatic rings. The zero-order chi connectivity index (χ0) is 59.6. The van der Waals surface area contributed by atoms with E-state index in [4.69, 9.17) is 10.5 Å². The summed E-state index contributed by atoms with van der Waals surface area (Å²) in [6.07, 6.45) is 22.0. The van der Waals surface area contributed by atoms with Gasteiger partial charge in [0, 0.05) is 60.1 Å². The third-order valence-corrected chi connectivity index (χ3v) is 16.8. The molecule has 1 aromatic heterocycles. The summed E-state index contributed by atoms with van der Waals surface area (Å²) in [7, 11) is 2.15. The van der Waals surface area contributed by atoms with Crippen LogP contribution < -0.4 is 26.6 Å². The number of nitrogens with one attached hydrogen (secondary N) is 3. The van der Waals surface area contributed by atoms with Crippen molar-refractivity contribution in [2.24, 2.45) is 11.7 Å². The molecule has 3 fully saturated rings. The maximum Gasteiger partial charge on any atom is 0.267 e. The minimum absolute atomic E-state index is 0.0193. The van der Waals surface area contributed by atoms with Gasteiger partial charge in [-0.15, -0.1) is 5.10 Å². The minimum atomic E-state index is -3.35. The molecule has 0 radical (unpaired) electrons. The number of ether oxygens (including phenoxy) is 1. The third-order valence-electron chi connectivity index (χ3n) is 16.8. The number of hydrogen-bond donors (Lipinski definition) is 4. The molecule has 82 heavy (non-hydrogen) atoms. The van der Waals surface area contributed by atoms with Gasteiger partial charge in [-0.3, -0.25) is 28.8 Å². The molecule has 5 heterocycles. The number of benzene rings is 2. The predicted octanol–water partition coefficient (Wildman–Crippen LogP) is 8.35. The summed E-state index contributed by atoms with van der Waals surface area (Å²) in [5.74, 6) is -6.42. The van der Waals surface area contributed by atoms with Gasteiger partial charge in [0.15, 0.2) is 11.5 Å². The number of alkyl halides is 2. The molecule has 5 atom stereocenters. The van der Waals surface area contributed by atoms with Crippen molar-refractivity contribution in [3.05, 3.63) is 108 Å². The van der Waals surface area contributed by atoms with Gasteiger partial charge in [0.05, 0.1) is 30.3 Å². The van der Waals surface area contributed by atoms with Crippen LogP contribution in [0.1, 0.15) is 155 Å². The Morgan fingerprint density at radius 1 is 0.866 bits per heavy atom. The number of amides is 5. The Morgan fingerprint density at radius 3 is 2.22 bits per heavy atom. The lowest BCUT2D eigenvalue weighted by molar-refractivity contribution is -0.401. The van der Waals surface area contributed by atoms with Crippen molar-refractivity contribution < 1.29 is 46.9 Å². The van der Waals surface area contributed by atoms with Crippen molar-refractivity contribution in [1.29, 1.82) is 0 Å². The number of likely N-dealkylation sites (tertiary alicyclic amines) is 1. The van der Waals surface area contributed by atoms with Gasteiger partial charge in [0.1, 0.15) is 37.3 Å². The summed E-state index contributed by atoms with van der Waals surface area (Å²) in [5.41, 5.74) is 12.8. The Kier molecular flexibility index (Phi) is 20.7. The van der Waals surface area contributed by atoms with Crippen LogP contribution in [-0.2, 0) is 50.9 Å². The van der Waals surface area contributed by atoms with E-state index in [2.05, 4.69) is 149 Å². The second-order valence-electron chi connectivity index (χ2n) is 24.2. The number of halogens is 2. The van der Waals surface area contributed by atoms with E-state index in [1.807, 2.05) is 6.92 Å². The second kappa shape index (κ2) is 27.0. The SMILES string of the molecule is CCCC[C@H](NC(=O)[C@@H]1CC(F)(F)CN1C(=O)[C@H](C)NC(=O)Cn1cc(C)nn1)C(=O)N[C@@H](CC1CCCCC1)C(=O)[C@@]1(C)CO1.C[N+]1=C(/C=C/C=C/C=C2/N(CCCCCC(N)=O)c3ccccc3C2(C)C)C(C)(C)c2ccccc21. The van der Waals surface area contributed by atoms with Gasteiger partial charge in [0.25, 0.3) is 5.92 Å². The maximum absolute atomic E-state index is 14.7. The van der Waals surface area contributed by atoms with Gasteiger partial charge in [-0.2, -0.15) is 4.58 Å². The van der Waals surface area contributed by atoms with Gasteiger partial charge in [-0.05, 0) is 83.9 Å². The Labute approximate surface area is 482 Å². The first-order valence-electron chi connectivity index (χ1n) is 29.4. The molecule has 4 aliphatic heterocycles. The molecule has 5 amide bonds. The zero-order valence-electron chi connectivity index (χ0n) is 49.6. The highest BCUT2D eigenvalue weighted by Crippen LogP contribution is 2.48. The first-order valence-corrected chi connectivity index (χ1v) is 29.4. The molecule has 3 aromatic rings. The Balaban J connectivity index is 0.000000243.